The second-order valence-electron chi connectivity index (χ2n) is 4.92. The fourth-order valence-corrected chi connectivity index (χ4v) is 2.70. The maximum Gasteiger partial charge on any atom is 0.161 e. The summed E-state index contributed by atoms with van der Waals surface area (Å²) in [5, 5.41) is 9.52. The van der Waals surface area contributed by atoms with Crippen LogP contribution in [0.5, 0.6) is 17.2 Å². The van der Waals surface area contributed by atoms with Crippen molar-refractivity contribution in [3.63, 3.8) is 0 Å². The third-order valence-electron chi connectivity index (χ3n) is 3.39. The van der Waals surface area contributed by atoms with Gasteiger partial charge in [-0.3, -0.25) is 0 Å². The van der Waals surface area contributed by atoms with Gasteiger partial charge < -0.3 is 14.2 Å². The van der Waals surface area contributed by atoms with E-state index >= 15 is 0 Å². The van der Waals surface area contributed by atoms with Gasteiger partial charge in [-0.05, 0) is 63.5 Å². The summed E-state index contributed by atoms with van der Waals surface area (Å²) in [6.07, 6.45) is 6.98. The highest BCUT2D eigenvalue weighted by Crippen LogP contribution is 2.32. The number of hydrogen-bond acceptors (Lipinski definition) is 4. The summed E-state index contributed by atoms with van der Waals surface area (Å²) < 4.78 is 16.7. The third kappa shape index (κ3) is 4.56. The molecule has 0 atom stereocenters. The predicted octanol–water partition coefficient (Wildman–Crippen LogP) is 4.54. The van der Waals surface area contributed by atoms with Gasteiger partial charge in [0.25, 0.3) is 0 Å². The Bertz CT molecular complexity index is 875. The van der Waals surface area contributed by atoms with Crippen LogP contribution in [0.4, 0.5) is 0 Å². The molecule has 0 fully saturated rings. The Morgan fingerprint density at radius 3 is 2.44 bits per heavy atom. The summed E-state index contributed by atoms with van der Waals surface area (Å²) in [6.45, 7) is 0.197. The fourth-order valence-electron chi connectivity index (χ4n) is 2.19. The van der Waals surface area contributed by atoms with Crippen molar-refractivity contribution in [1.29, 1.82) is 5.26 Å². The predicted molar refractivity (Wildman–Crippen MR) is 102 cm³/mol. The first kappa shape index (κ1) is 18.4. The molecule has 0 amide bonds. The van der Waals surface area contributed by atoms with E-state index in [1.807, 2.05) is 18.2 Å². The van der Waals surface area contributed by atoms with Gasteiger partial charge in [0.15, 0.2) is 11.5 Å². The molecule has 0 saturated carbocycles. The van der Waals surface area contributed by atoms with Gasteiger partial charge >= 0.3 is 0 Å². The number of nitrogens with zero attached hydrogens (tertiary/aromatic N) is 1. The monoisotopic (exact) mass is 397 g/mol. The molecule has 0 unspecified atom stereocenters. The number of halogens is 1. The molecular formula is C20H16BrNO3. The summed E-state index contributed by atoms with van der Waals surface area (Å²) >= 11 is 3.44. The molecular weight excluding hydrogens is 382 g/mol. The smallest absolute Gasteiger partial charge is 0.161 e. The summed E-state index contributed by atoms with van der Waals surface area (Å²) in [5.41, 5.74) is 2.10. The molecule has 0 saturated heterocycles. The normalized spacial score (nSPS) is 10.5. The molecule has 0 spiro atoms. The first-order valence-electron chi connectivity index (χ1n) is 7.33. The van der Waals surface area contributed by atoms with Crippen LogP contribution in [0.3, 0.4) is 0 Å². The Balaban J connectivity index is 2.36. The SMILES string of the molecule is C#CCOc1ccc(/C=C(\C#N)c2ccc(OC)c(OC)c2)cc1Br. The summed E-state index contributed by atoms with van der Waals surface area (Å²) in [7, 11) is 3.13. The van der Waals surface area contributed by atoms with E-state index in [0.29, 0.717) is 22.8 Å². The van der Waals surface area contributed by atoms with Crippen molar-refractivity contribution in [2.45, 2.75) is 0 Å². The zero-order chi connectivity index (χ0) is 18.2. The van der Waals surface area contributed by atoms with E-state index in [0.717, 1.165) is 15.6 Å². The van der Waals surface area contributed by atoms with E-state index in [-0.39, 0.29) is 6.61 Å². The van der Waals surface area contributed by atoms with Crippen LogP contribution >= 0.6 is 15.9 Å². The van der Waals surface area contributed by atoms with Crippen molar-refractivity contribution in [2.24, 2.45) is 0 Å². The van der Waals surface area contributed by atoms with Crippen molar-refractivity contribution >= 4 is 27.6 Å². The Morgan fingerprint density at radius 2 is 1.84 bits per heavy atom. The van der Waals surface area contributed by atoms with Gasteiger partial charge in [0.05, 0.1) is 30.3 Å². The number of hydrogen-bond donors (Lipinski definition) is 0. The standard InChI is InChI=1S/C20H16BrNO3/c1-4-9-25-18-7-5-14(11-17(18)21)10-16(13-22)15-6-8-19(23-2)20(12-15)24-3/h1,5-8,10-12H,9H2,2-3H3/b16-10+. The Kier molecular flexibility index (Phi) is 6.51. The largest absolute Gasteiger partial charge is 0.493 e. The minimum Gasteiger partial charge on any atom is -0.493 e. The number of nitriles is 1. The van der Waals surface area contributed by atoms with Crippen LogP contribution in [0.2, 0.25) is 0 Å². The highest BCUT2D eigenvalue weighted by Gasteiger charge is 2.09. The van der Waals surface area contributed by atoms with E-state index in [4.69, 9.17) is 20.6 Å². The van der Waals surface area contributed by atoms with E-state index in [1.54, 1.807) is 38.5 Å². The molecule has 5 heteroatoms. The Hall–Kier alpha value is -2.89. The van der Waals surface area contributed by atoms with Crippen molar-refractivity contribution < 1.29 is 14.2 Å². The van der Waals surface area contributed by atoms with Gasteiger partial charge in [0.2, 0.25) is 0 Å². The van der Waals surface area contributed by atoms with E-state index in [2.05, 4.69) is 27.9 Å². The van der Waals surface area contributed by atoms with Gasteiger partial charge in [-0.1, -0.05) is 12.0 Å². The Morgan fingerprint density at radius 1 is 1.12 bits per heavy atom. The van der Waals surface area contributed by atoms with Gasteiger partial charge in [-0.2, -0.15) is 5.26 Å². The summed E-state index contributed by atoms with van der Waals surface area (Å²) in [6, 6.07) is 13.1. The molecule has 0 radical (unpaired) electrons. The highest BCUT2D eigenvalue weighted by atomic mass is 79.9. The van der Waals surface area contributed by atoms with Crippen LogP contribution in [0.15, 0.2) is 40.9 Å². The Labute approximate surface area is 155 Å². The van der Waals surface area contributed by atoms with Crippen molar-refractivity contribution in [3.05, 3.63) is 52.0 Å². The van der Waals surface area contributed by atoms with E-state index in [1.165, 1.54) is 0 Å². The lowest BCUT2D eigenvalue weighted by Crippen LogP contribution is -1.94. The quantitative estimate of drug-likeness (QED) is 0.407. The topological polar surface area (TPSA) is 51.5 Å². The highest BCUT2D eigenvalue weighted by molar-refractivity contribution is 9.10. The fraction of sp³-hybridized carbons (Fsp3) is 0.150. The molecule has 0 aliphatic carbocycles. The molecule has 0 heterocycles. The molecule has 4 nitrogen and oxygen atoms in total. The van der Waals surface area contributed by atoms with Crippen LogP contribution in [0, 0.1) is 23.7 Å². The molecule has 0 aliphatic heterocycles. The van der Waals surface area contributed by atoms with E-state index < -0.39 is 0 Å². The maximum absolute atomic E-state index is 9.52. The number of allylic oxidation sites excluding steroid dienone is 1. The third-order valence-corrected chi connectivity index (χ3v) is 4.01. The molecule has 25 heavy (non-hydrogen) atoms. The minimum absolute atomic E-state index is 0.197. The second-order valence-corrected chi connectivity index (χ2v) is 5.78. The maximum atomic E-state index is 9.52. The van der Waals surface area contributed by atoms with Crippen molar-refractivity contribution in [1.82, 2.24) is 0 Å². The zero-order valence-electron chi connectivity index (χ0n) is 13.9. The van der Waals surface area contributed by atoms with Crippen LogP contribution in [0.1, 0.15) is 11.1 Å². The molecule has 126 valence electrons. The van der Waals surface area contributed by atoms with Gasteiger partial charge in [-0.25, -0.2) is 0 Å². The zero-order valence-corrected chi connectivity index (χ0v) is 15.5. The molecule has 0 bridgehead atoms. The first-order chi connectivity index (χ1) is 12.1. The van der Waals surface area contributed by atoms with Crippen LogP contribution in [0.25, 0.3) is 11.6 Å². The molecule has 2 rings (SSSR count). The lowest BCUT2D eigenvalue weighted by atomic mass is 10.0. The number of terminal acetylenes is 1. The minimum atomic E-state index is 0.197. The molecule has 2 aromatic carbocycles. The van der Waals surface area contributed by atoms with Gasteiger partial charge in [-0.15, -0.1) is 6.42 Å². The van der Waals surface area contributed by atoms with Gasteiger partial charge in [0, 0.05) is 0 Å². The van der Waals surface area contributed by atoms with E-state index in [9.17, 15) is 5.26 Å². The summed E-state index contributed by atoms with van der Waals surface area (Å²) in [5.74, 6) is 4.26. The lowest BCUT2D eigenvalue weighted by molar-refractivity contribution is 0.355. The van der Waals surface area contributed by atoms with Gasteiger partial charge in [0.1, 0.15) is 12.4 Å². The van der Waals surface area contributed by atoms with Crippen LogP contribution < -0.4 is 14.2 Å². The number of methoxy groups -OCH3 is 2. The number of ether oxygens (including phenoxy) is 3. The number of rotatable bonds is 6. The molecule has 0 N–H and O–H groups in total. The average molecular weight is 398 g/mol. The number of benzene rings is 2. The van der Waals surface area contributed by atoms with Crippen molar-refractivity contribution in [3.8, 4) is 35.7 Å². The average Bonchev–Trinajstić information content (AvgIpc) is 2.64. The summed E-state index contributed by atoms with van der Waals surface area (Å²) in [4.78, 5) is 0. The first-order valence-corrected chi connectivity index (χ1v) is 8.12. The molecule has 0 aliphatic rings. The van der Waals surface area contributed by atoms with Crippen LogP contribution in [-0.4, -0.2) is 20.8 Å². The van der Waals surface area contributed by atoms with Crippen molar-refractivity contribution in [2.75, 3.05) is 20.8 Å². The lowest BCUT2D eigenvalue weighted by Gasteiger charge is -2.09. The second kappa shape index (κ2) is 8.82. The van der Waals surface area contributed by atoms with Crippen LogP contribution in [-0.2, 0) is 0 Å². The molecule has 2 aromatic rings. The molecule has 0 aromatic heterocycles.